The third-order valence-corrected chi connectivity index (χ3v) is 6.00. The molecule has 2 aliphatic heterocycles. The fraction of sp³-hybridized carbons (Fsp3) is 0.632. The minimum Gasteiger partial charge on any atom is -0.354 e. The third-order valence-electron chi connectivity index (χ3n) is 6.00. The summed E-state index contributed by atoms with van der Waals surface area (Å²) in [6.45, 7) is 7.02. The third kappa shape index (κ3) is 4.17. The normalized spacial score (nSPS) is 25.8. The van der Waals surface area contributed by atoms with Crippen molar-refractivity contribution in [1.29, 1.82) is 0 Å². The Kier molecular flexibility index (Phi) is 7.25. The van der Waals surface area contributed by atoms with Crippen molar-refractivity contribution in [2.75, 3.05) is 19.6 Å². The van der Waals surface area contributed by atoms with Crippen molar-refractivity contribution in [3.05, 3.63) is 35.9 Å². The highest BCUT2D eigenvalue weighted by molar-refractivity contribution is 5.85. The molecule has 0 spiro atoms. The van der Waals surface area contributed by atoms with Crippen LogP contribution in [0, 0.1) is 5.92 Å². The molecule has 0 aliphatic carbocycles. The summed E-state index contributed by atoms with van der Waals surface area (Å²) in [5, 5.41) is 6.63. The van der Waals surface area contributed by atoms with Crippen LogP contribution >= 0.6 is 12.4 Å². The number of carbonyl (C=O) groups is 1. The lowest BCUT2D eigenvalue weighted by atomic mass is 9.75. The van der Waals surface area contributed by atoms with E-state index in [0.717, 1.165) is 32.4 Å². The number of hydrogen-bond donors (Lipinski definition) is 4. The largest absolute Gasteiger partial charge is 0.354 e. The monoisotopic (exact) mass is 366 g/mol. The number of fused-ring (bicyclic) bond motifs is 1. The van der Waals surface area contributed by atoms with E-state index in [9.17, 15) is 4.79 Å². The van der Waals surface area contributed by atoms with E-state index in [1.165, 1.54) is 5.56 Å². The zero-order chi connectivity index (χ0) is 17.0. The fourth-order valence-electron chi connectivity index (χ4n) is 4.14. The maximum absolute atomic E-state index is 12.8. The predicted octanol–water partition coefficient (Wildman–Crippen LogP) is 1.74. The minimum absolute atomic E-state index is 0. The summed E-state index contributed by atoms with van der Waals surface area (Å²) in [6.07, 6.45) is 3.09. The van der Waals surface area contributed by atoms with Crippen molar-refractivity contribution in [3.63, 3.8) is 0 Å². The van der Waals surface area contributed by atoms with E-state index in [1.807, 2.05) is 6.07 Å². The molecule has 2 heterocycles. The second-order valence-electron chi connectivity index (χ2n) is 7.10. The van der Waals surface area contributed by atoms with Gasteiger partial charge in [0.15, 0.2) is 0 Å². The van der Waals surface area contributed by atoms with Crippen LogP contribution in [-0.4, -0.2) is 37.6 Å². The van der Waals surface area contributed by atoms with E-state index in [-0.39, 0.29) is 29.8 Å². The van der Waals surface area contributed by atoms with Crippen molar-refractivity contribution < 1.29 is 4.79 Å². The number of piperidine rings is 1. The first-order valence-electron chi connectivity index (χ1n) is 9.25. The molecule has 3 rings (SSSR count). The highest BCUT2D eigenvalue weighted by Crippen LogP contribution is 2.31. The van der Waals surface area contributed by atoms with Crippen molar-refractivity contribution in [2.24, 2.45) is 5.92 Å². The van der Waals surface area contributed by atoms with Crippen LogP contribution in [0.25, 0.3) is 0 Å². The van der Waals surface area contributed by atoms with Crippen LogP contribution in [0.2, 0.25) is 0 Å². The summed E-state index contributed by atoms with van der Waals surface area (Å²) < 4.78 is 0. The standard InChI is InChI=1S/C19H30N4O.ClH/c1-3-19(4-2,14-8-6-5-7-9-14)13-21-18(24)17-15-12-20-11-10-16(15)22-23-17;/h5-9,15-17,20,22-23H,3-4,10-13H2,1-2H3,(H,21,24);1H. The molecule has 2 saturated heterocycles. The molecule has 6 heteroatoms. The number of rotatable bonds is 6. The van der Waals surface area contributed by atoms with Gasteiger partial charge >= 0.3 is 0 Å². The van der Waals surface area contributed by atoms with Gasteiger partial charge in [-0.15, -0.1) is 12.4 Å². The summed E-state index contributed by atoms with van der Waals surface area (Å²) >= 11 is 0. The van der Waals surface area contributed by atoms with Gasteiger partial charge < -0.3 is 10.6 Å². The molecule has 0 radical (unpaired) electrons. The van der Waals surface area contributed by atoms with E-state index >= 15 is 0 Å². The first kappa shape index (κ1) is 20.2. The molecule has 2 fully saturated rings. The SMILES string of the molecule is CCC(CC)(CNC(=O)C1NNC2CCNCC21)c1ccccc1.Cl. The molecule has 4 N–H and O–H groups in total. The molecule has 2 aliphatic rings. The number of hydrogen-bond acceptors (Lipinski definition) is 4. The number of carbonyl (C=O) groups excluding carboxylic acids is 1. The highest BCUT2D eigenvalue weighted by atomic mass is 35.5. The van der Waals surface area contributed by atoms with Crippen LogP contribution in [-0.2, 0) is 10.2 Å². The molecular weight excluding hydrogens is 336 g/mol. The lowest BCUT2D eigenvalue weighted by Gasteiger charge is -2.34. The Morgan fingerprint density at radius 3 is 2.60 bits per heavy atom. The molecular formula is C19H31ClN4O. The van der Waals surface area contributed by atoms with Gasteiger partial charge in [-0.3, -0.25) is 10.2 Å². The molecule has 0 saturated carbocycles. The number of benzene rings is 1. The van der Waals surface area contributed by atoms with Crippen LogP contribution in [0.5, 0.6) is 0 Å². The average Bonchev–Trinajstić information content (AvgIpc) is 3.08. The maximum atomic E-state index is 12.8. The smallest absolute Gasteiger partial charge is 0.238 e. The Hall–Kier alpha value is -1.14. The molecule has 3 unspecified atom stereocenters. The van der Waals surface area contributed by atoms with Gasteiger partial charge in [0.05, 0.1) is 0 Å². The number of nitrogens with one attached hydrogen (secondary N) is 4. The average molecular weight is 367 g/mol. The zero-order valence-electron chi connectivity index (χ0n) is 15.2. The topological polar surface area (TPSA) is 65.2 Å². The Morgan fingerprint density at radius 1 is 1.20 bits per heavy atom. The number of hydrazine groups is 1. The van der Waals surface area contributed by atoms with E-state index in [4.69, 9.17) is 0 Å². The number of halogens is 1. The molecule has 1 aromatic carbocycles. The maximum Gasteiger partial charge on any atom is 0.238 e. The van der Waals surface area contributed by atoms with E-state index < -0.39 is 0 Å². The fourth-order valence-corrected chi connectivity index (χ4v) is 4.14. The first-order chi connectivity index (χ1) is 11.7. The Labute approximate surface area is 157 Å². The van der Waals surface area contributed by atoms with Crippen LogP contribution in [0.3, 0.4) is 0 Å². The summed E-state index contributed by atoms with van der Waals surface area (Å²) in [5.74, 6) is 0.439. The molecule has 5 nitrogen and oxygen atoms in total. The Morgan fingerprint density at radius 2 is 1.92 bits per heavy atom. The van der Waals surface area contributed by atoms with Crippen molar-refractivity contribution in [2.45, 2.75) is 50.6 Å². The van der Waals surface area contributed by atoms with Crippen LogP contribution in [0.15, 0.2) is 30.3 Å². The quantitative estimate of drug-likeness (QED) is 0.619. The van der Waals surface area contributed by atoms with E-state index in [2.05, 4.69) is 59.6 Å². The molecule has 1 aromatic rings. The summed E-state index contributed by atoms with van der Waals surface area (Å²) in [6, 6.07) is 10.8. The van der Waals surface area contributed by atoms with Gasteiger partial charge in [-0.2, -0.15) is 0 Å². The van der Waals surface area contributed by atoms with Crippen LogP contribution in [0.4, 0.5) is 0 Å². The lowest BCUT2D eigenvalue weighted by molar-refractivity contribution is -0.124. The molecule has 140 valence electrons. The van der Waals surface area contributed by atoms with Gasteiger partial charge in [0.1, 0.15) is 6.04 Å². The van der Waals surface area contributed by atoms with Gasteiger partial charge in [0.2, 0.25) is 5.91 Å². The molecule has 0 bridgehead atoms. The second kappa shape index (κ2) is 8.99. The van der Waals surface area contributed by atoms with Crippen molar-refractivity contribution in [3.8, 4) is 0 Å². The molecule has 0 aromatic heterocycles. The number of amides is 1. The van der Waals surface area contributed by atoms with Gasteiger partial charge in [0.25, 0.3) is 0 Å². The van der Waals surface area contributed by atoms with Gasteiger partial charge in [-0.1, -0.05) is 44.2 Å². The van der Waals surface area contributed by atoms with Crippen LogP contribution in [0.1, 0.15) is 38.7 Å². The first-order valence-corrected chi connectivity index (χ1v) is 9.25. The zero-order valence-corrected chi connectivity index (χ0v) is 16.0. The molecule has 1 amide bonds. The van der Waals surface area contributed by atoms with E-state index in [0.29, 0.717) is 18.5 Å². The van der Waals surface area contributed by atoms with Crippen LogP contribution < -0.4 is 21.5 Å². The molecule has 3 atom stereocenters. The van der Waals surface area contributed by atoms with Gasteiger partial charge in [0, 0.05) is 30.5 Å². The Bertz CT molecular complexity index is 550. The highest BCUT2D eigenvalue weighted by Gasteiger charge is 2.41. The van der Waals surface area contributed by atoms with Gasteiger partial charge in [-0.25, -0.2) is 5.43 Å². The summed E-state index contributed by atoms with van der Waals surface area (Å²) in [7, 11) is 0. The lowest BCUT2D eigenvalue weighted by Crippen LogP contribution is -2.51. The van der Waals surface area contributed by atoms with Crippen molar-refractivity contribution in [1.82, 2.24) is 21.5 Å². The van der Waals surface area contributed by atoms with E-state index in [1.54, 1.807) is 0 Å². The van der Waals surface area contributed by atoms with Gasteiger partial charge in [-0.05, 0) is 31.4 Å². The predicted molar refractivity (Wildman–Crippen MR) is 104 cm³/mol. The Balaban J connectivity index is 0.00000225. The summed E-state index contributed by atoms with van der Waals surface area (Å²) in [5.41, 5.74) is 7.82. The summed E-state index contributed by atoms with van der Waals surface area (Å²) in [4.78, 5) is 12.8. The minimum atomic E-state index is -0.148. The molecule has 25 heavy (non-hydrogen) atoms. The second-order valence-corrected chi connectivity index (χ2v) is 7.10. The van der Waals surface area contributed by atoms with Crippen molar-refractivity contribution >= 4 is 18.3 Å².